The topological polar surface area (TPSA) is 77.0 Å². The van der Waals surface area contributed by atoms with E-state index in [1.54, 1.807) is 23.9 Å². The van der Waals surface area contributed by atoms with Crippen molar-refractivity contribution in [1.29, 1.82) is 0 Å². The van der Waals surface area contributed by atoms with E-state index in [1.165, 1.54) is 6.20 Å². The van der Waals surface area contributed by atoms with Gasteiger partial charge in [0.05, 0.1) is 24.2 Å². The smallest absolute Gasteiger partial charge is 0.158 e. The summed E-state index contributed by atoms with van der Waals surface area (Å²) in [4.78, 5) is 0. The molecule has 0 radical (unpaired) electrons. The molecule has 2 aromatic rings. The summed E-state index contributed by atoms with van der Waals surface area (Å²) in [5.74, 6) is 0.678. The average Bonchev–Trinajstić information content (AvgIpc) is 2.75. The summed E-state index contributed by atoms with van der Waals surface area (Å²) in [6, 6.07) is 1.74. The van der Waals surface area contributed by atoms with Gasteiger partial charge in [-0.2, -0.15) is 0 Å². The molecule has 0 saturated heterocycles. The lowest BCUT2D eigenvalue weighted by molar-refractivity contribution is 0.187. The molecule has 0 aliphatic heterocycles. The fourth-order valence-electron chi connectivity index (χ4n) is 1.18. The van der Waals surface area contributed by atoms with Crippen molar-refractivity contribution in [3.05, 3.63) is 29.9 Å². The van der Waals surface area contributed by atoms with Crippen LogP contribution < -0.4 is 0 Å². The summed E-state index contributed by atoms with van der Waals surface area (Å²) in [6.07, 6.45) is 2.50. The lowest BCUT2D eigenvalue weighted by atomic mass is 10.3. The first-order valence-corrected chi connectivity index (χ1v) is 4.23. The third-order valence-electron chi connectivity index (χ3n) is 1.87. The number of aromatic nitrogens is 4. The lowest BCUT2D eigenvalue weighted by Crippen LogP contribution is -2.08. The molecule has 1 N–H and O–H groups in total. The van der Waals surface area contributed by atoms with E-state index in [1.807, 2.05) is 0 Å². The highest BCUT2D eigenvalue weighted by Gasteiger charge is 2.10. The lowest BCUT2D eigenvalue weighted by Gasteiger charge is -2.05. The molecule has 6 heteroatoms. The predicted molar refractivity (Wildman–Crippen MR) is 46.3 cm³/mol. The summed E-state index contributed by atoms with van der Waals surface area (Å²) in [5.41, 5.74) is 0.654. The molecule has 0 aromatic carbocycles. The van der Waals surface area contributed by atoms with Crippen LogP contribution in [0.2, 0.25) is 0 Å². The first-order valence-electron chi connectivity index (χ1n) is 4.23. The van der Waals surface area contributed by atoms with E-state index < -0.39 is 6.10 Å². The van der Waals surface area contributed by atoms with Gasteiger partial charge in [0, 0.05) is 6.07 Å². The average molecular weight is 194 g/mol. The zero-order valence-corrected chi connectivity index (χ0v) is 7.66. The minimum absolute atomic E-state index is 0.431. The first kappa shape index (κ1) is 8.89. The van der Waals surface area contributed by atoms with Gasteiger partial charge in [-0.05, 0) is 6.92 Å². The van der Waals surface area contributed by atoms with Gasteiger partial charge in [0.25, 0.3) is 0 Å². The molecule has 74 valence electrons. The van der Waals surface area contributed by atoms with Crippen LogP contribution in [0.25, 0.3) is 0 Å². The maximum Gasteiger partial charge on any atom is 0.158 e. The van der Waals surface area contributed by atoms with Crippen LogP contribution in [0.5, 0.6) is 0 Å². The van der Waals surface area contributed by atoms with Crippen LogP contribution in [0.1, 0.15) is 24.5 Å². The number of rotatable bonds is 3. The van der Waals surface area contributed by atoms with Gasteiger partial charge < -0.3 is 9.63 Å². The molecule has 0 aliphatic rings. The van der Waals surface area contributed by atoms with Crippen molar-refractivity contribution in [3.8, 4) is 0 Å². The summed E-state index contributed by atoms with van der Waals surface area (Å²) in [6.45, 7) is 2.09. The van der Waals surface area contributed by atoms with Crippen molar-refractivity contribution in [2.75, 3.05) is 0 Å². The van der Waals surface area contributed by atoms with Crippen LogP contribution in [-0.2, 0) is 6.54 Å². The second kappa shape index (κ2) is 3.59. The molecule has 0 aliphatic carbocycles. The summed E-state index contributed by atoms with van der Waals surface area (Å²) < 4.78 is 6.50. The first-order chi connectivity index (χ1) is 6.77. The Labute approximate surface area is 80.1 Å². The molecular formula is C8H10N4O2. The molecule has 0 bridgehead atoms. The van der Waals surface area contributed by atoms with Gasteiger partial charge in [0.2, 0.25) is 0 Å². The maximum absolute atomic E-state index is 9.37. The molecule has 2 aromatic heterocycles. The van der Waals surface area contributed by atoms with Gasteiger partial charge in [0.15, 0.2) is 5.76 Å². The normalized spacial score (nSPS) is 13.0. The highest BCUT2D eigenvalue weighted by atomic mass is 16.5. The minimum atomic E-state index is -0.590. The number of nitrogens with zero attached hydrogens (tertiary/aromatic N) is 4. The van der Waals surface area contributed by atoms with Gasteiger partial charge in [-0.3, -0.25) is 0 Å². The van der Waals surface area contributed by atoms with E-state index in [-0.39, 0.29) is 0 Å². The standard InChI is InChI=1S/C8H10N4O2/c1-6(13)8-4-9-11-12(8)5-7-2-3-10-14-7/h2-4,6,13H,5H2,1H3/t6-/m1/s1. The summed E-state index contributed by atoms with van der Waals surface area (Å²) in [7, 11) is 0. The molecular weight excluding hydrogens is 184 g/mol. The number of aliphatic hydroxyl groups is 1. The Hall–Kier alpha value is -1.69. The monoisotopic (exact) mass is 194 g/mol. The second-order valence-corrected chi connectivity index (χ2v) is 2.97. The van der Waals surface area contributed by atoms with Gasteiger partial charge >= 0.3 is 0 Å². The molecule has 1 atom stereocenters. The molecule has 0 fully saturated rings. The van der Waals surface area contributed by atoms with E-state index in [0.717, 1.165) is 0 Å². The van der Waals surface area contributed by atoms with E-state index in [0.29, 0.717) is 18.0 Å². The third-order valence-corrected chi connectivity index (χ3v) is 1.87. The van der Waals surface area contributed by atoms with Crippen LogP contribution in [0.3, 0.4) is 0 Å². The zero-order chi connectivity index (χ0) is 9.97. The number of aliphatic hydroxyl groups excluding tert-OH is 1. The maximum atomic E-state index is 9.37. The largest absolute Gasteiger partial charge is 0.387 e. The molecule has 0 unspecified atom stereocenters. The van der Waals surface area contributed by atoms with Crippen LogP contribution in [0.15, 0.2) is 23.0 Å². The SMILES string of the molecule is C[C@@H](O)c1cnnn1Cc1ccno1. The van der Waals surface area contributed by atoms with Crippen LogP contribution >= 0.6 is 0 Å². The van der Waals surface area contributed by atoms with Gasteiger partial charge in [0.1, 0.15) is 6.54 Å². The highest BCUT2D eigenvalue weighted by Crippen LogP contribution is 2.11. The molecule has 2 heterocycles. The van der Waals surface area contributed by atoms with Gasteiger partial charge in [-0.1, -0.05) is 10.4 Å². The van der Waals surface area contributed by atoms with E-state index in [4.69, 9.17) is 4.52 Å². The van der Waals surface area contributed by atoms with Crippen molar-refractivity contribution < 1.29 is 9.63 Å². The third kappa shape index (κ3) is 1.64. The predicted octanol–water partition coefficient (Wildman–Crippen LogP) is 0.368. The number of hydrogen-bond acceptors (Lipinski definition) is 5. The second-order valence-electron chi connectivity index (χ2n) is 2.97. The van der Waals surface area contributed by atoms with Gasteiger partial charge in [-0.25, -0.2) is 4.68 Å². The Morgan fingerprint density at radius 3 is 3.14 bits per heavy atom. The Kier molecular flexibility index (Phi) is 2.28. The molecule has 2 rings (SSSR count). The Bertz CT molecular complexity index is 393. The van der Waals surface area contributed by atoms with Crippen LogP contribution in [-0.4, -0.2) is 25.3 Å². The van der Waals surface area contributed by atoms with E-state index >= 15 is 0 Å². The summed E-state index contributed by atoms with van der Waals surface area (Å²) >= 11 is 0. The fourth-order valence-corrected chi connectivity index (χ4v) is 1.18. The van der Waals surface area contributed by atoms with E-state index in [9.17, 15) is 5.11 Å². The van der Waals surface area contributed by atoms with Crippen molar-refractivity contribution in [3.63, 3.8) is 0 Å². The Morgan fingerprint density at radius 2 is 2.50 bits per heavy atom. The van der Waals surface area contributed by atoms with Crippen LogP contribution in [0.4, 0.5) is 0 Å². The van der Waals surface area contributed by atoms with Crippen molar-refractivity contribution in [2.45, 2.75) is 19.6 Å². The van der Waals surface area contributed by atoms with Crippen molar-refractivity contribution >= 4 is 0 Å². The zero-order valence-electron chi connectivity index (χ0n) is 7.66. The Morgan fingerprint density at radius 1 is 1.64 bits per heavy atom. The minimum Gasteiger partial charge on any atom is -0.387 e. The quantitative estimate of drug-likeness (QED) is 0.763. The van der Waals surface area contributed by atoms with Crippen LogP contribution in [0, 0.1) is 0 Å². The van der Waals surface area contributed by atoms with E-state index in [2.05, 4.69) is 15.5 Å². The molecule has 0 amide bonds. The molecule has 0 saturated carbocycles. The summed E-state index contributed by atoms with van der Waals surface area (Å²) in [5, 5.41) is 20.5. The Balaban J connectivity index is 2.21. The highest BCUT2D eigenvalue weighted by molar-refractivity contribution is 5.01. The van der Waals surface area contributed by atoms with Crippen molar-refractivity contribution in [2.24, 2.45) is 0 Å². The van der Waals surface area contributed by atoms with Gasteiger partial charge in [-0.15, -0.1) is 5.10 Å². The molecule has 14 heavy (non-hydrogen) atoms. The number of hydrogen-bond donors (Lipinski definition) is 1. The van der Waals surface area contributed by atoms with Crippen molar-refractivity contribution in [1.82, 2.24) is 20.2 Å². The molecule has 0 spiro atoms. The molecule has 6 nitrogen and oxygen atoms in total. The fraction of sp³-hybridized carbons (Fsp3) is 0.375.